The number of H-pyrrole nitrogens is 1. The van der Waals surface area contributed by atoms with Crippen molar-refractivity contribution >= 4 is 22.7 Å². The van der Waals surface area contributed by atoms with Crippen LogP contribution in [0.2, 0.25) is 0 Å². The molecule has 0 radical (unpaired) electrons. The maximum Gasteiger partial charge on any atom is 0.195 e. The number of rotatable bonds is 1. The summed E-state index contributed by atoms with van der Waals surface area (Å²) in [5, 5.41) is 10.3. The monoisotopic (exact) mass is 282 g/mol. The van der Waals surface area contributed by atoms with Crippen molar-refractivity contribution in [1.29, 1.82) is 0 Å². The van der Waals surface area contributed by atoms with Crippen molar-refractivity contribution in [1.82, 2.24) is 20.3 Å². The highest BCUT2D eigenvalue weighted by Gasteiger charge is 1.93. The molecule has 21 heavy (non-hydrogen) atoms. The number of nitrogens with one attached hydrogen (secondary N) is 1. The van der Waals surface area contributed by atoms with Gasteiger partial charge in [-0.1, -0.05) is 30.3 Å². The van der Waals surface area contributed by atoms with E-state index < -0.39 is 0 Å². The third-order valence-corrected chi connectivity index (χ3v) is 2.68. The van der Waals surface area contributed by atoms with Crippen LogP contribution in [0.4, 0.5) is 5.69 Å². The topological polar surface area (TPSA) is 83.2 Å². The quantitative estimate of drug-likeness (QED) is 0.529. The van der Waals surface area contributed by atoms with E-state index in [1.54, 1.807) is 4.90 Å². The molecule has 6 nitrogen and oxygen atoms in total. The predicted molar refractivity (Wildman–Crippen MR) is 85.3 cm³/mol. The Morgan fingerprint density at radius 3 is 2.00 bits per heavy atom. The molecule has 3 N–H and O–H groups in total. The van der Waals surface area contributed by atoms with Gasteiger partial charge in [0.15, 0.2) is 5.96 Å². The molecule has 0 amide bonds. The first kappa shape index (κ1) is 14.5. The Hall–Kier alpha value is -2.89. The summed E-state index contributed by atoms with van der Waals surface area (Å²) < 4.78 is 0. The fraction of sp³-hybridized carbons (Fsp3) is 0.133. The van der Waals surface area contributed by atoms with E-state index >= 15 is 0 Å². The first-order chi connectivity index (χ1) is 10.2. The molecule has 6 heteroatoms. The number of benzene rings is 2. The van der Waals surface area contributed by atoms with Gasteiger partial charge in [-0.15, -0.1) is 0 Å². The molecule has 1 aromatic heterocycles. The third-order valence-electron chi connectivity index (χ3n) is 2.68. The highest BCUT2D eigenvalue weighted by Crippen LogP contribution is 2.09. The van der Waals surface area contributed by atoms with Crippen molar-refractivity contribution in [3.8, 4) is 0 Å². The van der Waals surface area contributed by atoms with E-state index in [0.717, 1.165) is 16.7 Å². The van der Waals surface area contributed by atoms with Crippen molar-refractivity contribution in [2.75, 3.05) is 14.1 Å². The van der Waals surface area contributed by atoms with Crippen LogP contribution in [-0.2, 0) is 0 Å². The summed E-state index contributed by atoms with van der Waals surface area (Å²) in [4.78, 5) is 5.95. The molecule has 108 valence electrons. The molecule has 3 rings (SSSR count). The van der Waals surface area contributed by atoms with Gasteiger partial charge in [0.1, 0.15) is 11.0 Å². The van der Waals surface area contributed by atoms with Crippen molar-refractivity contribution in [2.24, 2.45) is 10.7 Å². The molecular formula is C15H18N6. The second-order valence-corrected chi connectivity index (χ2v) is 4.51. The van der Waals surface area contributed by atoms with Gasteiger partial charge in [0.25, 0.3) is 0 Å². The van der Waals surface area contributed by atoms with Crippen LogP contribution in [0, 0.1) is 0 Å². The van der Waals surface area contributed by atoms with E-state index in [1.165, 1.54) is 0 Å². The van der Waals surface area contributed by atoms with Crippen LogP contribution in [0.25, 0.3) is 11.0 Å². The first-order valence-corrected chi connectivity index (χ1v) is 6.49. The van der Waals surface area contributed by atoms with Crippen LogP contribution >= 0.6 is 0 Å². The lowest BCUT2D eigenvalue weighted by atomic mass is 10.3. The maximum absolute atomic E-state index is 5.62. The van der Waals surface area contributed by atoms with E-state index in [1.807, 2.05) is 68.7 Å². The van der Waals surface area contributed by atoms with Gasteiger partial charge in [-0.2, -0.15) is 15.4 Å². The summed E-state index contributed by atoms with van der Waals surface area (Å²) in [6.45, 7) is 0. The van der Waals surface area contributed by atoms with Crippen LogP contribution in [0.1, 0.15) is 0 Å². The van der Waals surface area contributed by atoms with Gasteiger partial charge in [-0.3, -0.25) is 0 Å². The molecule has 0 bridgehead atoms. The molecule has 0 spiro atoms. The summed E-state index contributed by atoms with van der Waals surface area (Å²) in [6, 6.07) is 17.3. The normalized spacial score (nSPS) is 10.9. The Balaban J connectivity index is 0.000000159. The van der Waals surface area contributed by atoms with Gasteiger partial charge >= 0.3 is 0 Å². The van der Waals surface area contributed by atoms with E-state index in [4.69, 9.17) is 5.73 Å². The summed E-state index contributed by atoms with van der Waals surface area (Å²) in [5.74, 6) is 0.515. The molecule has 0 aliphatic carbocycles. The largest absolute Gasteiger partial charge is 0.370 e. The fourth-order valence-corrected chi connectivity index (χ4v) is 1.52. The summed E-state index contributed by atoms with van der Waals surface area (Å²) in [7, 11) is 3.73. The molecule has 1 heterocycles. The number of nitrogens with zero attached hydrogens (tertiary/aromatic N) is 4. The van der Waals surface area contributed by atoms with Crippen molar-refractivity contribution < 1.29 is 0 Å². The number of hydrogen-bond acceptors (Lipinski definition) is 3. The Morgan fingerprint density at radius 1 is 0.952 bits per heavy atom. The van der Waals surface area contributed by atoms with Crippen LogP contribution < -0.4 is 5.73 Å². The summed E-state index contributed by atoms with van der Waals surface area (Å²) >= 11 is 0. The zero-order valence-electron chi connectivity index (χ0n) is 12.1. The maximum atomic E-state index is 5.62. The number of aromatic amines is 1. The number of para-hydroxylation sites is 3. The standard InChI is InChI=1S/C9H13N3.C6H5N3/c1-12(2)9(10)11-8-6-4-3-5-7-8;1-2-4-6-5(3-1)7-9-8-6/h3-7H,1-2H3,(H2,10,11);1-4H,(H,7,8,9). The molecule has 2 aromatic carbocycles. The minimum Gasteiger partial charge on any atom is -0.370 e. The van der Waals surface area contributed by atoms with Crippen molar-refractivity contribution in [3.05, 3.63) is 54.6 Å². The second-order valence-electron chi connectivity index (χ2n) is 4.51. The van der Waals surface area contributed by atoms with E-state index in [-0.39, 0.29) is 0 Å². The van der Waals surface area contributed by atoms with Gasteiger partial charge in [0.05, 0.1) is 5.69 Å². The molecule has 0 aliphatic rings. The lowest BCUT2D eigenvalue weighted by molar-refractivity contribution is 0.615. The Kier molecular flexibility index (Phi) is 4.87. The number of guanidine groups is 1. The lowest BCUT2D eigenvalue weighted by Crippen LogP contribution is -2.29. The predicted octanol–water partition coefficient (Wildman–Crippen LogP) is 2.15. The van der Waals surface area contributed by atoms with Gasteiger partial charge < -0.3 is 10.6 Å². The van der Waals surface area contributed by atoms with E-state index in [0.29, 0.717) is 5.96 Å². The number of aromatic nitrogens is 3. The van der Waals surface area contributed by atoms with Crippen molar-refractivity contribution in [3.63, 3.8) is 0 Å². The number of hydrogen-bond donors (Lipinski definition) is 2. The number of nitrogens with two attached hydrogens (primary N) is 1. The second kappa shape index (κ2) is 7.04. The molecule has 0 fully saturated rings. The fourth-order valence-electron chi connectivity index (χ4n) is 1.52. The SMILES string of the molecule is CN(C)C(N)=Nc1ccccc1.c1ccc2n[nH]nc2c1. The average Bonchev–Trinajstić information content (AvgIpc) is 2.97. The van der Waals surface area contributed by atoms with Gasteiger partial charge in [-0.25, -0.2) is 4.99 Å². The van der Waals surface area contributed by atoms with Crippen LogP contribution in [0.3, 0.4) is 0 Å². The van der Waals surface area contributed by atoms with E-state index in [9.17, 15) is 0 Å². The molecule has 0 aliphatic heterocycles. The Morgan fingerprint density at radius 2 is 1.48 bits per heavy atom. The minimum absolute atomic E-state index is 0.515. The summed E-state index contributed by atoms with van der Waals surface area (Å²) in [5.41, 5.74) is 8.33. The minimum atomic E-state index is 0.515. The van der Waals surface area contributed by atoms with Gasteiger partial charge in [0, 0.05) is 14.1 Å². The van der Waals surface area contributed by atoms with Gasteiger partial charge in [0.2, 0.25) is 0 Å². The summed E-state index contributed by atoms with van der Waals surface area (Å²) in [6.07, 6.45) is 0. The van der Waals surface area contributed by atoms with Crippen LogP contribution in [-0.4, -0.2) is 40.4 Å². The Bertz CT molecular complexity index is 672. The molecule has 0 unspecified atom stereocenters. The van der Waals surface area contributed by atoms with Crippen LogP contribution in [0.15, 0.2) is 59.6 Å². The highest BCUT2D eigenvalue weighted by molar-refractivity contribution is 5.80. The van der Waals surface area contributed by atoms with Crippen molar-refractivity contribution in [2.45, 2.75) is 0 Å². The third kappa shape index (κ3) is 4.31. The molecule has 0 atom stereocenters. The number of aliphatic imine (C=N–C) groups is 1. The van der Waals surface area contributed by atoms with Gasteiger partial charge in [-0.05, 0) is 24.3 Å². The molecule has 0 saturated heterocycles. The van der Waals surface area contributed by atoms with Crippen LogP contribution in [0.5, 0.6) is 0 Å². The Labute approximate surface area is 123 Å². The molecule has 3 aromatic rings. The number of fused-ring (bicyclic) bond motifs is 1. The first-order valence-electron chi connectivity index (χ1n) is 6.49. The molecule has 0 saturated carbocycles. The zero-order chi connectivity index (χ0) is 15.1. The molecular weight excluding hydrogens is 264 g/mol. The lowest BCUT2D eigenvalue weighted by Gasteiger charge is -2.09. The smallest absolute Gasteiger partial charge is 0.195 e. The average molecular weight is 282 g/mol. The van der Waals surface area contributed by atoms with E-state index in [2.05, 4.69) is 20.4 Å². The zero-order valence-corrected chi connectivity index (χ0v) is 12.1. The highest BCUT2D eigenvalue weighted by atomic mass is 15.3.